The summed E-state index contributed by atoms with van der Waals surface area (Å²) < 4.78 is 26.3. The van der Waals surface area contributed by atoms with Crippen LogP contribution in [0.2, 0.25) is 0 Å². The summed E-state index contributed by atoms with van der Waals surface area (Å²) in [5.41, 5.74) is 5.58. The Morgan fingerprint density at radius 2 is 1.54 bits per heavy atom. The first-order valence-electron chi connectivity index (χ1n) is 12.7. The number of carbonyl (C=O) groups is 1. The van der Waals surface area contributed by atoms with E-state index in [2.05, 4.69) is 28.4 Å². The van der Waals surface area contributed by atoms with E-state index in [9.17, 15) is 13.2 Å². The van der Waals surface area contributed by atoms with Crippen molar-refractivity contribution in [1.82, 2.24) is 4.98 Å². The molecule has 1 saturated heterocycles. The highest BCUT2D eigenvalue weighted by molar-refractivity contribution is 7.91. The van der Waals surface area contributed by atoms with Gasteiger partial charge >= 0.3 is 0 Å². The number of hydrogen-bond donors (Lipinski definition) is 1. The molecule has 190 valence electrons. The SMILES string of the molecule is CC(=O)Cc1ccc(S(=O)(=O)c2ccc(Nc3cc(C)nc4ccc(N5CCCCC5)cc34)cc2)cc1. The second kappa shape index (κ2) is 10.3. The van der Waals surface area contributed by atoms with E-state index >= 15 is 0 Å². The van der Waals surface area contributed by atoms with E-state index in [0.717, 1.165) is 46.6 Å². The van der Waals surface area contributed by atoms with Gasteiger partial charge in [0.15, 0.2) is 0 Å². The molecule has 1 fully saturated rings. The van der Waals surface area contributed by atoms with Gasteiger partial charge in [-0.1, -0.05) is 12.1 Å². The number of anilines is 3. The Balaban J connectivity index is 1.40. The van der Waals surface area contributed by atoms with Gasteiger partial charge in [0.25, 0.3) is 0 Å². The maximum absolute atomic E-state index is 13.1. The number of piperidine rings is 1. The summed E-state index contributed by atoms with van der Waals surface area (Å²) in [6, 6.07) is 21.8. The lowest BCUT2D eigenvalue weighted by Gasteiger charge is -2.29. The third kappa shape index (κ3) is 5.52. The number of nitrogens with one attached hydrogen (secondary N) is 1. The largest absolute Gasteiger partial charge is 0.372 e. The molecule has 7 heteroatoms. The van der Waals surface area contributed by atoms with E-state index in [1.807, 2.05) is 13.0 Å². The Kier molecular flexibility index (Phi) is 6.98. The van der Waals surface area contributed by atoms with Crippen LogP contribution in [0.4, 0.5) is 17.1 Å². The fourth-order valence-corrected chi connectivity index (χ4v) is 6.14. The molecule has 0 spiro atoms. The van der Waals surface area contributed by atoms with Crippen LogP contribution >= 0.6 is 0 Å². The molecule has 0 unspecified atom stereocenters. The van der Waals surface area contributed by atoms with Gasteiger partial charge in [-0.25, -0.2) is 8.42 Å². The lowest BCUT2D eigenvalue weighted by molar-refractivity contribution is -0.116. The van der Waals surface area contributed by atoms with Gasteiger partial charge < -0.3 is 10.2 Å². The number of fused-ring (bicyclic) bond motifs is 1. The molecule has 3 aromatic carbocycles. The van der Waals surface area contributed by atoms with Gasteiger partial charge in [0.2, 0.25) is 9.84 Å². The summed E-state index contributed by atoms with van der Waals surface area (Å²) in [6.45, 7) is 5.64. The topological polar surface area (TPSA) is 79.4 Å². The Morgan fingerprint density at radius 3 is 2.19 bits per heavy atom. The molecule has 0 saturated carbocycles. The molecule has 0 amide bonds. The van der Waals surface area contributed by atoms with Crippen LogP contribution in [-0.4, -0.2) is 32.3 Å². The predicted molar refractivity (Wildman–Crippen MR) is 149 cm³/mol. The van der Waals surface area contributed by atoms with Gasteiger partial charge in [-0.2, -0.15) is 0 Å². The number of Topliss-reactive ketones (excluding diaryl/α,β-unsaturated/α-hetero) is 1. The van der Waals surface area contributed by atoms with E-state index in [1.165, 1.54) is 31.9 Å². The molecule has 1 aliphatic rings. The Labute approximate surface area is 218 Å². The Hall–Kier alpha value is -3.71. The van der Waals surface area contributed by atoms with E-state index in [1.54, 1.807) is 48.5 Å². The highest BCUT2D eigenvalue weighted by Gasteiger charge is 2.18. The zero-order valence-corrected chi connectivity index (χ0v) is 22.0. The van der Waals surface area contributed by atoms with Gasteiger partial charge in [0.1, 0.15) is 5.78 Å². The van der Waals surface area contributed by atoms with Crippen molar-refractivity contribution in [3.05, 3.63) is 84.1 Å². The highest BCUT2D eigenvalue weighted by atomic mass is 32.2. The monoisotopic (exact) mass is 513 g/mol. The van der Waals surface area contributed by atoms with Gasteiger partial charge in [-0.3, -0.25) is 9.78 Å². The van der Waals surface area contributed by atoms with Crippen molar-refractivity contribution in [3.63, 3.8) is 0 Å². The van der Waals surface area contributed by atoms with Crippen LogP contribution in [0.15, 0.2) is 82.6 Å². The molecular weight excluding hydrogens is 482 g/mol. The van der Waals surface area contributed by atoms with Crippen LogP contribution in [0.1, 0.15) is 37.4 Å². The van der Waals surface area contributed by atoms with Crippen LogP contribution in [0.25, 0.3) is 10.9 Å². The van der Waals surface area contributed by atoms with E-state index in [-0.39, 0.29) is 15.6 Å². The van der Waals surface area contributed by atoms with Crippen molar-refractivity contribution in [2.75, 3.05) is 23.3 Å². The number of carbonyl (C=O) groups excluding carboxylic acids is 1. The molecule has 4 aromatic rings. The zero-order valence-electron chi connectivity index (χ0n) is 21.2. The fourth-order valence-electron chi connectivity index (χ4n) is 4.88. The first kappa shape index (κ1) is 25.0. The standard InChI is InChI=1S/C30H31N3O3S/c1-21-18-30(28-20-25(10-15-29(28)31-21)33-16-4-3-5-17-33)32-24-8-13-27(14-9-24)37(35,36)26-11-6-23(7-12-26)19-22(2)34/h6-15,18,20H,3-5,16-17,19H2,1-2H3,(H,31,32). The molecule has 6 nitrogen and oxygen atoms in total. The molecule has 1 aliphatic heterocycles. The molecule has 5 rings (SSSR count). The summed E-state index contributed by atoms with van der Waals surface area (Å²) in [5.74, 6) is 0.0404. The van der Waals surface area contributed by atoms with Crippen molar-refractivity contribution in [1.29, 1.82) is 0 Å². The molecule has 0 bridgehead atoms. The third-order valence-electron chi connectivity index (χ3n) is 6.77. The summed E-state index contributed by atoms with van der Waals surface area (Å²) in [6.07, 6.45) is 4.01. The van der Waals surface area contributed by atoms with Crippen LogP contribution < -0.4 is 10.2 Å². The smallest absolute Gasteiger partial charge is 0.206 e. The number of pyridine rings is 1. The maximum Gasteiger partial charge on any atom is 0.206 e. The van der Waals surface area contributed by atoms with Crippen LogP contribution in [-0.2, 0) is 21.1 Å². The van der Waals surface area contributed by atoms with Crippen molar-refractivity contribution >= 4 is 43.6 Å². The number of ketones is 1. The quantitative estimate of drug-likeness (QED) is 0.315. The summed E-state index contributed by atoms with van der Waals surface area (Å²) in [4.78, 5) is 18.9. The molecular formula is C30H31N3O3S. The normalized spacial score (nSPS) is 14.1. The van der Waals surface area contributed by atoms with E-state index < -0.39 is 9.84 Å². The average molecular weight is 514 g/mol. The minimum Gasteiger partial charge on any atom is -0.372 e. The minimum absolute atomic E-state index is 0.0404. The number of aryl methyl sites for hydroxylation is 1. The molecule has 37 heavy (non-hydrogen) atoms. The minimum atomic E-state index is -3.66. The second-order valence-electron chi connectivity index (χ2n) is 9.74. The summed E-state index contributed by atoms with van der Waals surface area (Å²) in [7, 11) is -3.66. The molecule has 0 atom stereocenters. The van der Waals surface area contributed by atoms with Crippen LogP contribution in [0, 0.1) is 6.92 Å². The molecule has 2 heterocycles. The summed E-state index contributed by atoms with van der Waals surface area (Å²) >= 11 is 0. The number of benzene rings is 3. The van der Waals surface area contributed by atoms with E-state index in [0.29, 0.717) is 6.42 Å². The van der Waals surface area contributed by atoms with Gasteiger partial charge in [0.05, 0.1) is 15.3 Å². The lowest BCUT2D eigenvalue weighted by Crippen LogP contribution is -2.29. The van der Waals surface area contributed by atoms with Crippen molar-refractivity contribution < 1.29 is 13.2 Å². The predicted octanol–water partition coefficient (Wildman–Crippen LogP) is 6.24. The van der Waals surface area contributed by atoms with Gasteiger partial charge in [0, 0.05) is 47.7 Å². The third-order valence-corrected chi connectivity index (χ3v) is 8.56. The molecule has 0 radical (unpaired) electrons. The van der Waals surface area contributed by atoms with Crippen LogP contribution in [0.3, 0.4) is 0 Å². The van der Waals surface area contributed by atoms with Crippen molar-refractivity contribution in [3.8, 4) is 0 Å². The zero-order chi connectivity index (χ0) is 26.0. The fraction of sp³-hybridized carbons (Fsp3) is 0.267. The molecule has 1 N–H and O–H groups in total. The number of hydrogen-bond acceptors (Lipinski definition) is 6. The Morgan fingerprint density at radius 1 is 0.892 bits per heavy atom. The summed E-state index contributed by atoms with van der Waals surface area (Å²) in [5, 5.41) is 4.51. The molecule has 0 aliphatic carbocycles. The van der Waals surface area contributed by atoms with Crippen molar-refractivity contribution in [2.24, 2.45) is 0 Å². The number of sulfone groups is 1. The number of rotatable bonds is 7. The van der Waals surface area contributed by atoms with Crippen molar-refractivity contribution in [2.45, 2.75) is 49.3 Å². The van der Waals surface area contributed by atoms with E-state index in [4.69, 9.17) is 4.98 Å². The number of nitrogens with zero attached hydrogens (tertiary/aromatic N) is 2. The first-order valence-corrected chi connectivity index (χ1v) is 14.1. The van der Waals surface area contributed by atoms with Gasteiger partial charge in [-0.05, 0) is 99.3 Å². The lowest BCUT2D eigenvalue weighted by atomic mass is 10.1. The second-order valence-corrected chi connectivity index (χ2v) is 11.7. The van der Waals surface area contributed by atoms with Gasteiger partial charge in [-0.15, -0.1) is 0 Å². The first-order chi connectivity index (χ1) is 17.8. The Bertz CT molecular complexity index is 1540. The number of aromatic nitrogens is 1. The molecule has 1 aromatic heterocycles. The van der Waals surface area contributed by atoms with Crippen LogP contribution in [0.5, 0.6) is 0 Å². The highest BCUT2D eigenvalue weighted by Crippen LogP contribution is 2.32. The maximum atomic E-state index is 13.1. The average Bonchev–Trinajstić information content (AvgIpc) is 2.89.